The summed E-state index contributed by atoms with van der Waals surface area (Å²) in [5, 5.41) is 0. The van der Waals surface area contributed by atoms with Crippen LogP contribution in [0.1, 0.15) is 40.0 Å². The Kier molecular flexibility index (Phi) is 13.8. The Balaban J connectivity index is 4.19. The molecule has 0 aliphatic rings. The average molecular weight is 472 g/mol. The van der Waals surface area contributed by atoms with E-state index in [2.05, 4.69) is 13.6 Å². The minimum absolute atomic E-state index is 0.0539. The quantitative estimate of drug-likeness (QED) is 0.180. The van der Waals surface area contributed by atoms with Crippen molar-refractivity contribution in [1.29, 1.82) is 0 Å². The normalized spacial score (nSPS) is 18.0. The molecule has 28 heavy (non-hydrogen) atoms. The fourth-order valence-electron chi connectivity index (χ4n) is 1.79. The second kappa shape index (κ2) is 13.6. The van der Waals surface area contributed by atoms with Crippen molar-refractivity contribution in [2.75, 3.05) is 33.0 Å². The monoisotopic (exact) mass is 472 g/mol. The first kappa shape index (κ1) is 28.3. The molecule has 0 saturated carbocycles. The molecule has 0 aromatic carbocycles. The minimum atomic E-state index is -4.65. The first-order valence-corrected chi connectivity index (χ1v) is 13.3. The summed E-state index contributed by atoms with van der Waals surface area (Å²) >= 11 is 0. The van der Waals surface area contributed by atoms with E-state index in [1.165, 1.54) is 0 Å². The highest BCUT2D eigenvalue weighted by atomic mass is 31.2. The Labute approximate surface area is 165 Å². The molecule has 0 aromatic rings. The molecule has 15 heteroatoms. The second-order valence-electron chi connectivity index (χ2n) is 5.94. The predicted molar refractivity (Wildman–Crippen MR) is 99.3 cm³/mol. The van der Waals surface area contributed by atoms with Crippen LogP contribution in [0.5, 0.6) is 0 Å². The van der Waals surface area contributed by atoms with E-state index in [1.807, 2.05) is 13.8 Å². The number of phosphoric acid groups is 3. The van der Waals surface area contributed by atoms with E-state index in [1.54, 1.807) is 6.92 Å². The Bertz CT molecular complexity index is 561. The maximum absolute atomic E-state index is 11.8. The lowest BCUT2D eigenvalue weighted by Crippen LogP contribution is -2.15. The highest BCUT2D eigenvalue weighted by molar-refractivity contribution is 7.47. The zero-order chi connectivity index (χ0) is 21.8. The molecular formula is C13H31O12P3. The third-order valence-corrected chi connectivity index (χ3v) is 6.20. The van der Waals surface area contributed by atoms with Gasteiger partial charge < -0.3 is 19.6 Å². The fraction of sp³-hybridized carbons (Fsp3) is 1.00. The molecule has 0 fully saturated rings. The van der Waals surface area contributed by atoms with Gasteiger partial charge in [-0.15, -0.1) is 0 Å². The van der Waals surface area contributed by atoms with Crippen molar-refractivity contribution in [1.82, 2.24) is 0 Å². The number of rotatable bonds is 17. The average Bonchev–Trinajstić information content (AvgIpc) is 2.59. The lowest BCUT2D eigenvalue weighted by Gasteiger charge is -2.19. The van der Waals surface area contributed by atoms with E-state index >= 15 is 0 Å². The Morgan fingerprint density at radius 2 is 0.964 bits per heavy atom. The molecule has 0 rings (SSSR count). The van der Waals surface area contributed by atoms with Crippen molar-refractivity contribution < 1.29 is 55.9 Å². The molecule has 0 aromatic heterocycles. The van der Waals surface area contributed by atoms with Gasteiger partial charge in [0, 0.05) is 5.92 Å². The van der Waals surface area contributed by atoms with Crippen molar-refractivity contribution >= 4 is 23.5 Å². The van der Waals surface area contributed by atoms with Crippen LogP contribution in [-0.4, -0.2) is 52.6 Å². The summed E-state index contributed by atoms with van der Waals surface area (Å²) < 4.78 is 57.3. The topological polar surface area (TPSA) is 178 Å². The van der Waals surface area contributed by atoms with Crippen molar-refractivity contribution in [3.63, 3.8) is 0 Å². The zero-order valence-corrected chi connectivity index (χ0v) is 18.9. The third-order valence-electron chi connectivity index (χ3n) is 3.75. The van der Waals surface area contributed by atoms with Gasteiger partial charge in [0.05, 0.1) is 33.0 Å². The van der Waals surface area contributed by atoms with Gasteiger partial charge in [0.25, 0.3) is 0 Å². The number of hydrogen-bond acceptors (Lipinski definition) is 8. The molecule has 0 aliphatic carbocycles. The first-order chi connectivity index (χ1) is 12.8. The third kappa shape index (κ3) is 15.2. The van der Waals surface area contributed by atoms with Crippen molar-refractivity contribution in [3.05, 3.63) is 0 Å². The predicted octanol–water partition coefficient (Wildman–Crippen LogP) is 2.83. The van der Waals surface area contributed by atoms with Crippen LogP contribution in [0.4, 0.5) is 0 Å². The van der Waals surface area contributed by atoms with Gasteiger partial charge in [-0.1, -0.05) is 33.6 Å². The Hall–Kier alpha value is 0.330. The molecule has 3 unspecified atom stereocenters. The van der Waals surface area contributed by atoms with E-state index < -0.39 is 42.6 Å². The van der Waals surface area contributed by atoms with E-state index in [4.69, 9.17) is 18.8 Å². The lowest BCUT2D eigenvalue weighted by molar-refractivity contribution is 0.0809. The maximum atomic E-state index is 11.8. The molecule has 0 radical (unpaired) electrons. The van der Waals surface area contributed by atoms with E-state index in [0.717, 1.165) is 12.8 Å². The van der Waals surface area contributed by atoms with Gasteiger partial charge in [-0.05, 0) is 12.3 Å². The molecule has 0 bridgehead atoms. The van der Waals surface area contributed by atoms with Crippen LogP contribution in [0.15, 0.2) is 0 Å². The zero-order valence-electron chi connectivity index (χ0n) is 16.2. The van der Waals surface area contributed by atoms with Crippen molar-refractivity contribution in [3.8, 4) is 0 Å². The fourth-order valence-corrected chi connectivity index (χ4v) is 3.75. The summed E-state index contributed by atoms with van der Waals surface area (Å²) in [7, 11) is -13.4. The molecule has 3 atom stereocenters. The van der Waals surface area contributed by atoms with Crippen LogP contribution in [0, 0.1) is 11.8 Å². The summed E-state index contributed by atoms with van der Waals surface area (Å²) in [6, 6.07) is 0. The summed E-state index contributed by atoms with van der Waals surface area (Å²) in [5.41, 5.74) is 0. The van der Waals surface area contributed by atoms with Crippen LogP contribution >= 0.6 is 23.5 Å². The van der Waals surface area contributed by atoms with E-state index in [9.17, 15) is 23.5 Å². The highest BCUT2D eigenvalue weighted by Gasteiger charge is 2.26. The molecule has 4 N–H and O–H groups in total. The van der Waals surface area contributed by atoms with Gasteiger partial charge in [0.1, 0.15) is 0 Å². The summed E-state index contributed by atoms with van der Waals surface area (Å²) in [4.78, 5) is 36.4. The molecule has 0 aliphatic heterocycles. The smallest absolute Gasteiger partial charge is 0.303 e. The first-order valence-electron chi connectivity index (χ1n) is 8.77. The van der Waals surface area contributed by atoms with Gasteiger partial charge in [-0.3, -0.25) is 22.6 Å². The van der Waals surface area contributed by atoms with Gasteiger partial charge in [0.2, 0.25) is 0 Å². The lowest BCUT2D eigenvalue weighted by atomic mass is 10.1. The van der Waals surface area contributed by atoms with E-state index in [0.29, 0.717) is 6.42 Å². The molecule has 170 valence electrons. The second-order valence-corrected chi connectivity index (χ2v) is 10.1. The SMILES string of the molecule is CCC(CC)COP(=O)(O)OCCOP(=O)(O)OCC(CC)COP(=O)(O)O. The van der Waals surface area contributed by atoms with Crippen LogP contribution in [0.2, 0.25) is 0 Å². The molecular weight excluding hydrogens is 441 g/mol. The van der Waals surface area contributed by atoms with Crippen molar-refractivity contribution in [2.45, 2.75) is 40.0 Å². The van der Waals surface area contributed by atoms with Gasteiger partial charge in [-0.25, -0.2) is 13.7 Å². The van der Waals surface area contributed by atoms with Crippen LogP contribution in [0.25, 0.3) is 0 Å². The summed E-state index contributed by atoms with van der Waals surface area (Å²) in [6.07, 6.45) is 1.93. The molecule has 0 amide bonds. The van der Waals surface area contributed by atoms with Gasteiger partial charge in [0.15, 0.2) is 0 Å². The van der Waals surface area contributed by atoms with Crippen LogP contribution in [-0.2, 0) is 36.3 Å². The molecule has 0 saturated heterocycles. The van der Waals surface area contributed by atoms with Gasteiger partial charge in [-0.2, -0.15) is 0 Å². The largest absolute Gasteiger partial charge is 0.472 e. The minimum Gasteiger partial charge on any atom is -0.303 e. The number of phosphoric ester groups is 3. The summed E-state index contributed by atoms with van der Waals surface area (Å²) in [5.74, 6) is -0.434. The van der Waals surface area contributed by atoms with Gasteiger partial charge >= 0.3 is 23.5 Å². The Morgan fingerprint density at radius 3 is 1.32 bits per heavy atom. The maximum Gasteiger partial charge on any atom is 0.472 e. The number of hydrogen-bond donors (Lipinski definition) is 4. The van der Waals surface area contributed by atoms with Crippen LogP contribution < -0.4 is 0 Å². The molecule has 0 spiro atoms. The highest BCUT2D eigenvalue weighted by Crippen LogP contribution is 2.46. The molecule has 0 heterocycles. The van der Waals surface area contributed by atoms with Crippen LogP contribution in [0.3, 0.4) is 0 Å². The van der Waals surface area contributed by atoms with E-state index in [-0.39, 0.29) is 25.7 Å². The Morgan fingerprint density at radius 1 is 0.607 bits per heavy atom. The van der Waals surface area contributed by atoms with Crippen molar-refractivity contribution in [2.24, 2.45) is 11.8 Å². The summed E-state index contributed by atoms with van der Waals surface area (Å²) in [6.45, 7) is 3.87. The molecule has 12 nitrogen and oxygen atoms in total. The standard InChI is InChI=1S/C13H31O12P3/c1-4-12(5-2)9-24-27(17,18)21-7-8-22-28(19,20)25-11-13(6-3)10-23-26(14,15)16/h12-13H,4-11H2,1-3H3,(H,17,18)(H,19,20)(H2,14,15,16).